The fraction of sp³-hybridized carbons (Fsp3) is 0.300. The summed E-state index contributed by atoms with van der Waals surface area (Å²) >= 11 is 0. The van der Waals surface area contributed by atoms with Crippen molar-refractivity contribution >= 4 is 11.0 Å². The van der Waals surface area contributed by atoms with E-state index >= 15 is 0 Å². The van der Waals surface area contributed by atoms with E-state index in [1.807, 2.05) is 23.9 Å². The van der Waals surface area contributed by atoms with Crippen LogP contribution in [0, 0.1) is 0 Å². The maximum Gasteiger partial charge on any atom is 0.139 e. The third-order valence-corrected chi connectivity index (χ3v) is 2.44. The van der Waals surface area contributed by atoms with Gasteiger partial charge in [0.25, 0.3) is 0 Å². The van der Waals surface area contributed by atoms with Gasteiger partial charge in [-0.1, -0.05) is 0 Å². The fourth-order valence-corrected chi connectivity index (χ4v) is 1.73. The van der Waals surface area contributed by atoms with Gasteiger partial charge in [0.15, 0.2) is 0 Å². The third kappa shape index (κ3) is 0.971. The molecule has 2 aromatic heterocycles. The second-order valence-corrected chi connectivity index (χ2v) is 3.39. The molecule has 1 aliphatic rings. The molecular formula is C10H10N2O. The van der Waals surface area contributed by atoms with Gasteiger partial charge in [-0.2, -0.15) is 0 Å². The van der Waals surface area contributed by atoms with Crippen LogP contribution in [0.15, 0.2) is 24.5 Å². The normalized spacial score (nSPS) is 20.8. The minimum absolute atomic E-state index is 0.313. The average molecular weight is 174 g/mol. The number of nitrogens with zero attached hydrogens (tertiary/aromatic N) is 2. The predicted molar refractivity (Wildman–Crippen MR) is 49.4 cm³/mol. The Kier molecular flexibility index (Phi) is 1.27. The first-order chi connectivity index (χ1) is 6.36. The summed E-state index contributed by atoms with van der Waals surface area (Å²) in [5.41, 5.74) is 2.30. The first kappa shape index (κ1) is 7.09. The van der Waals surface area contributed by atoms with E-state index in [1.165, 1.54) is 10.9 Å². The van der Waals surface area contributed by atoms with Crippen LogP contribution in [0.3, 0.4) is 0 Å². The number of fused-ring (bicyclic) bond motifs is 1. The summed E-state index contributed by atoms with van der Waals surface area (Å²) < 4.78 is 7.32. The van der Waals surface area contributed by atoms with Crippen molar-refractivity contribution in [3.05, 3.63) is 30.1 Å². The fourth-order valence-electron chi connectivity index (χ4n) is 1.73. The van der Waals surface area contributed by atoms with Crippen molar-refractivity contribution in [3.8, 4) is 0 Å². The van der Waals surface area contributed by atoms with Crippen molar-refractivity contribution in [1.29, 1.82) is 0 Å². The maximum atomic E-state index is 5.27. The van der Waals surface area contributed by atoms with Gasteiger partial charge >= 0.3 is 0 Å². The third-order valence-electron chi connectivity index (χ3n) is 2.44. The number of ether oxygens (including phenoxy) is 1. The highest BCUT2D eigenvalue weighted by Gasteiger charge is 2.28. The van der Waals surface area contributed by atoms with Crippen molar-refractivity contribution in [1.82, 2.24) is 9.55 Å². The van der Waals surface area contributed by atoms with E-state index in [0.717, 1.165) is 12.3 Å². The van der Waals surface area contributed by atoms with Gasteiger partial charge in [0.05, 0.1) is 6.61 Å². The maximum absolute atomic E-state index is 5.27. The molecule has 0 bridgehead atoms. The lowest BCUT2D eigenvalue weighted by Crippen LogP contribution is -1.85. The smallest absolute Gasteiger partial charge is 0.139 e. The van der Waals surface area contributed by atoms with Crippen molar-refractivity contribution < 1.29 is 4.74 Å². The Morgan fingerprint density at radius 1 is 1.62 bits per heavy atom. The second-order valence-electron chi connectivity index (χ2n) is 3.39. The zero-order valence-corrected chi connectivity index (χ0v) is 7.40. The second kappa shape index (κ2) is 2.33. The molecule has 66 valence electrons. The number of aromatic nitrogens is 2. The van der Waals surface area contributed by atoms with E-state index in [2.05, 4.69) is 17.2 Å². The lowest BCUT2D eigenvalue weighted by molar-refractivity contribution is 0.416. The molecule has 1 atom stereocenters. The molecular weight excluding hydrogens is 164 g/mol. The number of pyridine rings is 1. The molecule has 0 aliphatic carbocycles. The molecule has 3 nitrogen and oxygen atoms in total. The summed E-state index contributed by atoms with van der Waals surface area (Å²) in [6.45, 7) is 0.855. The SMILES string of the molecule is Cn1cc([C@H]2CO2)c2cccnc21. The summed E-state index contributed by atoms with van der Waals surface area (Å²) in [5, 5.41) is 1.22. The highest BCUT2D eigenvalue weighted by atomic mass is 16.6. The van der Waals surface area contributed by atoms with Crippen LogP contribution < -0.4 is 0 Å². The van der Waals surface area contributed by atoms with E-state index < -0.39 is 0 Å². The van der Waals surface area contributed by atoms with Crippen LogP contribution >= 0.6 is 0 Å². The van der Waals surface area contributed by atoms with Gasteiger partial charge in [-0.15, -0.1) is 0 Å². The minimum atomic E-state index is 0.313. The molecule has 1 fully saturated rings. The van der Waals surface area contributed by atoms with Gasteiger partial charge in [-0.05, 0) is 12.1 Å². The topological polar surface area (TPSA) is 30.4 Å². The molecule has 1 aliphatic heterocycles. The molecule has 3 heteroatoms. The molecule has 0 aromatic carbocycles. The van der Waals surface area contributed by atoms with Crippen LogP contribution in [0.25, 0.3) is 11.0 Å². The lowest BCUT2D eigenvalue weighted by Gasteiger charge is -1.92. The molecule has 0 saturated carbocycles. The van der Waals surface area contributed by atoms with Crippen LogP contribution in [-0.4, -0.2) is 16.2 Å². The van der Waals surface area contributed by atoms with E-state index in [4.69, 9.17) is 4.74 Å². The Bertz CT molecular complexity index is 457. The number of hydrogen-bond donors (Lipinski definition) is 0. The molecule has 1 saturated heterocycles. The van der Waals surface area contributed by atoms with Crippen LogP contribution in [0.4, 0.5) is 0 Å². The molecule has 3 rings (SSSR count). The van der Waals surface area contributed by atoms with Crippen molar-refractivity contribution in [3.63, 3.8) is 0 Å². The molecule has 0 N–H and O–H groups in total. The van der Waals surface area contributed by atoms with Crippen LogP contribution in [0.5, 0.6) is 0 Å². The van der Waals surface area contributed by atoms with Crippen molar-refractivity contribution in [2.24, 2.45) is 7.05 Å². The molecule has 0 spiro atoms. The van der Waals surface area contributed by atoms with E-state index in [9.17, 15) is 0 Å². The molecule has 0 amide bonds. The summed E-state index contributed by atoms with van der Waals surface area (Å²) in [7, 11) is 2.02. The molecule has 3 heterocycles. The van der Waals surface area contributed by atoms with Crippen LogP contribution in [-0.2, 0) is 11.8 Å². The number of aryl methyl sites for hydroxylation is 1. The summed E-state index contributed by atoms with van der Waals surface area (Å²) in [6.07, 6.45) is 4.24. The van der Waals surface area contributed by atoms with E-state index in [0.29, 0.717) is 6.10 Å². The Morgan fingerprint density at radius 2 is 2.46 bits per heavy atom. The summed E-state index contributed by atoms with van der Waals surface area (Å²) in [5.74, 6) is 0. The van der Waals surface area contributed by atoms with Gasteiger partial charge in [0.2, 0.25) is 0 Å². The van der Waals surface area contributed by atoms with Gasteiger partial charge in [-0.3, -0.25) is 0 Å². The van der Waals surface area contributed by atoms with Crippen LogP contribution in [0.1, 0.15) is 11.7 Å². The number of hydrogen-bond acceptors (Lipinski definition) is 2. The van der Waals surface area contributed by atoms with E-state index in [1.54, 1.807) is 0 Å². The average Bonchev–Trinajstić information content (AvgIpc) is 2.94. The number of rotatable bonds is 1. The Balaban J connectivity index is 2.34. The first-order valence-electron chi connectivity index (χ1n) is 4.38. The van der Waals surface area contributed by atoms with Crippen molar-refractivity contribution in [2.75, 3.05) is 6.61 Å². The Morgan fingerprint density at radius 3 is 3.23 bits per heavy atom. The highest BCUT2D eigenvalue weighted by Crippen LogP contribution is 2.34. The lowest BCUT2D eigenvalue weighted by atomic mass is 10.2. The first-order valence-corrected chi connectivity index (χ1v) is 4.38. The quantitative estimate of drug-likeness (QED) is 0.615. The summed E-state index contributed by atoms with van der Waals surface area (Å²) in [6, 6.07) is 4.06. The monoisotopic (exact) mass is 174 g/mol. The molecule has 13 heavy (non-hydrogen) atoms. The van der Waals surface area contributed by atoms with Crippen LogP contribution in [0.2, 0.25) is 0 Å². The Labute approximate surface area is 76.0 Å². The van der Waals surface area contributed by atoms with Gasteiger partial charge in [0, 0.05) is 30.4 Å². The number of epoxide rings is 1. The molecule has 2 aromatic rings. The zero-order chi connectivity index (χ0) is 8.84. The van der Waals surface area contributed by atoms with Gasteiger partial charge in [-0.25, -0.2) is 4.98 Å². The van der Waals surface area contributed by atoms with Gasteiger partial charge in [0.1, 0.15) is 11.8 Å². The largest absolute Gasteiger partial charge is 0.368 e. The predicted octanol–water partition coefficient (Wildman–Crippen LogP) is 1.64. The summed E-state index contributed by atoms with van der Waals surface area (Å²) in [4.78, 5) is 4.32. The molecule has 0 radical (unpaired) electrons. The van der Waals surface area contributed by atoms with Crippen molar-refractivity contribution in [2.45, 2.75) is 6.10 Å². The minimum Gasteiger partial charge on any atom is -0.368 e. The standard InChI is InChI=1S/C10H10N2O/c1-12-5-8(9-6-13-9)7-3-2-4-11-10(7)12/h2-5,9H,6H2,1H3/t9-/m1/s1. The van der Waals surface area contributed by atoms with Gasteiger partial charge < -0.3 is 9.30 Å². The zero-order valence-electron chi connectivity index (χ0n) is 7.40. The molecule has 0 unspecified atom stereocenters. The van der Waals surface area contributed by atoms with E-state index in [-0.39, 0.29) is 0 Å². The highest BCUT2D eigenvalue weighted by molar-refractivity contribution is 5.81. The Hall–Kier alpha value is -1.35.